The number of aliphatic hydroxyl groups excluding tert-OH is 3. The molecular weight excluding hydrogens is 513 g/mol. The Morgan fingerprint density at radius 2 is 2.00 bits per heavy atom. The average molecular weight is 541 g/mol. The minimum Gasteiger partial charge on any atom is -0.394 e. The van der Waals surface area contributed by atoms with Gasteiger partial charge in [-0.3, -0.25) is 0 Å². The van der Waals surface area contributed by atoms with Crippen molar-refractivity contribution in [1.82, 2.24) is 25.0 Å². The normalized spacial score (nSPS) is 29.2. The number of hydrogen-bond acceptors (Lipinski definition) is 10. The lowest BCUT2D eigenvalue weighted by atomic mass is 10.1. The molecule has 5 rings (SSSR count). The van der Waals surface area contributed by atoms with Gasteiger partial charge in [-0.25, -0.2) is 27.8 Å². The summed E-state index contributed by atoms with van der Waals surface area (Å²) in [6.07, 6.45) is -4.78. The van der Waals surface area contributed by atoms with Crippen LogP contribution in [0.25, 0.3) is 11.2 Å². The number of nitrogens with zero attached hydrogens (tertiary/aromatic N) is 5. The maximum absolute atomic E-state index is 15.4. The van der Waals surface area contributed by atoms with Crippen molar-refractivity contribution in [3.8, 4) is 0 Å². The van der Waals surface area contributed by atoms with Gasteiger partial charge in [0.25, 0.3) is 0 Å². The molecule has 2 aliphatic rings. The fraction of sp³-hybridized carbons (Fsp3) is 0.565. The van der Waals surface area contributed by atoms with Crippen LogP contribution in [0.4, 0.5) is 19.0 Å². The van der Waals surface area contributed by atoms with Crippen LogP contribution < -0.4 is 5.32 Å². The van der Waals surface area contributed by atoms with E-state index in [1.165, 1.54) is 17.8 Å². The summed E-state index contributed by atoms with van der Waals surface area (Å²) in [7, 11) is 0. The van der Waals surface area contributed by atoms with E-state index in [2.05, 4.69) is 25.6 Å². The van der Waals surface area contributed by atoms with Crippen LogP contribution in [0.15, 0.2) is 23.4 Å². The maximum atomic E-state index is 15.4. The summed E-state index contributed by atoms with van der Waals surface area (Å²) in [6.45, 7) is 1.44. The fourth-order valence-electron chi connectivity index (χ4n) is 4.64. The molecule has 0 bridgehead atoms. The highest BCUT2D eigenvalue weighted by Crippen LogP contribution is 2.44. The smallest absolute Gasteiger partial charge is 0.191 e. The molecule has 37 heavy (non-hydrogen) atoms. The van der Waals surface area contributed by atoms with E-state index in [0.717, 1.165) is 22.9 Å². The monoisotopic (exact) mass is 540 g/mol. The Morgan fingerprint density at radius 3 is 2.73 bits per heavy atom. The molecular formula is C23H27F3N6O4S. The molecule has 1 aromatic carbocycles. The van der Waals surface area contributed by atoms with Crippen LogP contribution in [0.1, 0.15) is 37.3 Å². The van der Waals surface area contributed by atoms with Crippen LogP contribution in [0, 0.1) is 11.6 Å². The number of nitrogens with one attached hydrogen (secondary N) is 1. The second-order valence-electron chi connectivity index (χ2n) is 9.15. The van der Waals surface area contributed by atoms with Crippen molar-refractivity contribution < 1.29 is 33.2 Å². The lowest BCUT2D eigenvalue weighted by Gasteiger charge is -2.18. The molecule has 0 radical (unpaired) electrons. The Bertz CT molecular complexity index is 1270. The first-order valence-electron chi connectivity index (χ1n) is 12.0. The number of ether oxygens (including phenoxy) is 1. The first-order chi connectivity index (χ1) is 17.8. The van der Waals surface area contributed by atoms with Crippen molar-refractivity contribution in [3.05, 3.63) is 35.4 Å². The minimum absolute atomic E-state index is 0.0617. The van der Waals surface area contributed by atoms with E-state index in [1.54, 1.807) is 6.07 Å². The third-order valence-electron chi connectivity index (χ3n) is 6.58. The molecule has 0 unspecified atom stereocenters. The van der Waals surface area contributed by atoms with E-state index in [4.69, 9.17) is 9.84 Å². The zero-order valence-electron chi connectivity index (χ0n) is 19.8. The van der Waals surface area contributed by atoms with Gasteiger partial charge in [-0.2, -0.15) is 0 Å². The summed E-state index contributed by atoms with van der Waals surface area (Å²) in [4.78, 5) is 9.06. The Balaban J connectivity index is 1.45. The Kier molecular flexibility index (Phi) is 7.54. The number of rotatable bonds is 10. The average Bonchev–Trinajstić information content (AvgIpc) is 3.47. The highest BCUT2D eigenvalue weighted by molar-refractivity contribution is 7.99. The summed E-state index contributed by atoms with van der Waals surface area (Å²) in [6, 6.07) is 2.37. The van der Waals surface area contributed by atoms with Crippen molar-refractivity contribution in [1.29, 1.82) is 0 Å². The molecule has 0 spiro atoms. The molecule has 4 N–H and O–H groups in total. The second-order valence-corrected chi connectivity index (χ2v) is 10.2. The van der Waals surface area contributed by atoms with Crippen molar-refractivity contribution in [2.75, 3.05) is 24.3 Å². The molecule has 0 aliphatic heterocycles. The standard InChI is InChI=1S/C23H27F3N6O4S/c1-2-7-37-23-28-21(27-14-9-11(14)10-3-4-12(24)13(25)8-10)16-22(29-23)32(31-30-16)17-15(26)20(36-6-5-33)19(35)18(17)34/h3-4,8,11,14-15,17-20,33-35H,2,5-7,9H2,1H3,(H,27,28,29)/t11-,14+,15+,17+,18-,19-,20-/m0/s1. The number of thioether (sulfide) groups is 1. The van der Waals surface area contributed by atoms with E-state index in [9.17, 15) is 19.0 Å². The Labute approximate surface area is 214 Å². The van der Waals surface area contributed by atoms with E-state index >= 15 is 4.39 Å². The molecule has 7 atom stereocenters. The van der Waals surface area contributed by atoms with Gasteiger partial charge in [0.15, 0.2) is 39.9 Å². The topological polar surface area (TPSA) is 138 Å². The van der Waals surface area contributed by atoms with Gasteiger partial charge in [0.05, 0.1) is 13.2 Å². The predicted molar refractivity (Wildman–Crippen MR) is 128 cm³/mol. The molecule has 200 valence electrons. The number of aliphatic hydroxyl groups is 3. The van der Waals surface area contributed by atoms with E-state index in [1.807, 2.05) is 6.92 Å². The third kappa shape index (κ3) is 5.00. The lowest BCUT2D eigenvalue weighted by Crippen LogP contribution is -2.34. The summed E-state index contributed by atoms with van der Waals surface area (Å²) in [5, 5.41) is 41.8. The zero-order chi connectivity index (χ0) is 26.3. The Hall–Kier alpha value is -2.52. The number of aromatic nitrogens is 5. The van der Waals surface area contributed by atoms with Gasteiger partial charge in [-0.05, 0) is 30.5 Å². The molecule has 2 aromatic heterocycles. The van der Waals surface area contributed by atoms with E-state index in [-0.39, 0.29) is 36.3 Å². The van der Waals surface area contributed by atoms with Crippen molar-refractivity contribution in [2.45, 2.75) is 67.4 Å². The predicted octanol–water partition coefficient (Wildman–Crippen LogP) is 1.96. The number of fused-ring (bicyclic) bond motifs is 1. The number of anilines is 1. The van der Waals surface area contributed by atoms with E-state index in [0.29, 0.717) is 23.0 Å². The SMILES string of the molecule is CCCSc1nc(N[C@@H]2C[C@H]2c2ccc(F)c(F)c2)c2nnn([C@H]3[C@H](O)[C@H](O)[C@@H](OCCO)[C@@H]3F)c2n1. The van der Waals surface area contributed by atoms with Gasteiger partial charge in [-0.15, -0.1) is 5.10 Å². The summed E-state index contributed by atoms with van der Waals surface area (Å²) < 4.78 is 48.8. The largest absolute Gasteiger partial charge is 0.394 e. The molecule has 2 fully saturated rings. The van der Waals surface area contributed by atoms with Gasteiger partial charge >= 0.3 is 0 Å². The number of alkyl halides is 1. The highest BCUT2D eigenvalue weighted by atomic mass is 32.2. The summed E-state index contributed by atoms with van der Waals surface area (Å²) in [5.41, 5.74) is 1.07. The van der Waals surface area contributed by atoms with Crippen LogP contribution in [0.2, 0.25) is 0 Å². The molecule has 10 nitrogen and oxygen atoms in total. The summed E-state index contributed by atoms with van der Waals surface area (Å²) >= 11 is 1.39. The van der Waals surface area contributed by atoms with Gasteiger partial charge in [0.2, 0.25) is 0 Å². The van der Waals surface area contributed by atoms with Gasteiger partial charge < -0.3 is 25.4 Å². The number of halogens is 3. The van der Waals surface area contributed by atoms with E-state index < -0.39 is 42.2 Å². The minimum atomic E-state index is -1.85. The molecule has 0 amide bonds. The van der Waals surface area contributed by atoms with Gasteiger partial charge in [-0.1, -0.05) is 30.0 Å². The van der Waals surface area contributed by atoms with Crippen LogP contribution in [0.5, 0.6) is 0 Å². The van der Waals surface area contributed by atoms with Crippen molar-refractivity contribution >= 4 is 28.7 Å². The van der Waals surface area contributed by atoms with Gasteiger partial charge in [0, 0.05) is 17.7 Å². The molecule has 0 saturated heterocycles. The van der Waals surface area contributed by atoms with Crippen LogP contribution in [-0.2, 0) is 4.74 Å². The second kappa shape index (κ2) is 10.7. The molecule has 3 aromatic rings. The van der Waals surface area contributed by atoms with Crippen LogP contribution in [0.3, 0.4) is 0 Å². The highest BCUT2D eigenvalue weighted by Gasteiger charge is 2.53. The maximum Gasteiger partial charge on any atom is 0.191 e. The molecule has 14 heteroatoms. The van der Waals surface area contributed by atoms with Crippen molar-refractivity contribution in [2.24, 2.45) is 0 Å². The van der Waals surface area contributed by atoms with Gasteiger partial charge in [0.1, 0.15) is 24.4 Å². The summed E-state index contributed by atoms with van der Waals surface area (Å²) in [5.74, 6) is -0.806. The first kappa shape index (κ1) is 26.1. The number of benzene rings is 1. The third-order valence-corrected chi connectivity index (χ3v) is 7.64. The zero-order valence-corrected chi connectivity index (χ0v) is 20.7. The molecule has 2 saturated carbocycles. The number of hydrogen-bond donors (Lipinski definition) is 4. The van der Waals surface area contributed by atoms with Crippen LogP contribution >= 0.6 is 11.8 Å². The Morgan fingerprint density at radius 1 is 1.19 bits per heavy atom. The fourth-order valence-corrected chi connectivity index (χ4v) is 5.33. The lowest BCUT2D eigenvalue weighted by molar-refractivity contribution is -0.0758. The molecule has 2 aliphatic carbocycles. The van der Waals surface area contributed by atoms with Crippen LogP contribution in [-0.4, -0.2) is 89.8 Å². The first-order valence-corrected chi connectivity index (χ1v) is 13.0. The quantitative estimate of drug-likeness (QED) is 0.223. The van der Waals surface area contributed by atoms with Crippen molar-refractivity contribution in [3.63, 3.8) is 0 Å². The molecule has 2 heterocycles.